The van der Waals surface area contributed by atoms with Crippen LogP contribution in [-0.2, 0) is 9.53 Å². The van der Waals surface area contributed by atoms with E-state index in [0.717, 1.165) is 22.8 Å². The van der Waals surface area contributed by atoms with Gasteiger partial charge in [-0.1, -0.05) is 6.07 Å². The lowest BCUT2D eigenvalue weighted by Crippen LogP contribution is -2.48. The summed E-state index contributed by atoms with van der Waals surface area (Å²) in [6.45, 7) is 2.19. The number of nitrogens with zero attached hydrogens (tertiary/aromatic N) is 1. The molecule has 1 aromatic heterocycles. The monoisotopic (exact) mass is 461 g/mol. The second kappa shape index (κ2) is 9.22. The molecule has 3 aromatic rings. The topological polar surface area (TPSA) is 93.2 Å². The summed E-state index contributed by atoms with van der Waals surface area (Å²) in [5.74, 6) is -3.35. The van der Waals surface area contributed by atoms with Gasteiger partial charge in [0.15, 0.2) is 0 Å². The number of carbonyl (C=O) groups excluding carboxylic acids is 1. The van der Waals surface area contributed by atoms with Crippen LogP contribution in [0.25, 0.3) is 10.9 Å². The van der Waals surface area contributed by atoms with Crippen LogP contribution in [0.4, 0.5) is 13.2 Å². The van der Waals surface area contributed by atoms with E-state index in [4.69, 9.17) is 4.74 Å². The fourth-order valence-corrected chi connectivity index (χ4v) is 4.26. The van der Waals surface area contributed by atoms with E-state index >= 15 is 0 Å². The molecule has 0 spiro atoms. The maximum absolute atomic E-state index is 14.2. The summed E-state index contributed by atoms with van der Waals surface area (Å²) in [7, 11) is 0. The summed E-state index contributed by atoms with van der Waals surface area (Å²) >= 11 is 0. The van der Waals surface area contributed by atoms with Gasteiger partial charge in [0.1, 0.15) is 23.5 Å². The van der Waals surface area contributed by atoms with E-state index in [1.54, 1.807) is 0 Å². The Morgan fingerprint density at radius 2 is 1.76 bits per heavy atom. The molecule has 1 saturated heterocycles. The molecule has 0 radical (unpaired) electrons. The van der Waals surface area contributed by atoms with Crippen molar-refractivity contribution in [2.75, 3.05) is 13.2 Å². The first kappa shape index (κ1) is 22.8. The van der Waals surface area contributed by atoms with Crippen molar-refractivity contribution < 1.29 is 22.7 Å². The lowest BCUT2D eigenvalue weighted by Gasteiger charge is -2.31. The Hall–Kier alpha value is -3.40. The number of H-pyrrole nitrogens is 1. The van der Waals surface area contributed by atoms with Gasteiger partial charge >= 0.3 is 5.69 Å². The van der Waals surface area contributed by atoms with Crippen LogP contribution in [0.3, 0.4) is 0 Å². The number of nitrogens with one attached hydrogen (secondary N) is 2. The summed E-state index contributed by atoms with van der Waals surface area (Å²) in [4.78, 5) is 42.0. The molecule has 1 aliphatic rings. The van der Waals surface area contributed by atoms with Crippen molar-refractivity contribution in [3.8, 4) is 0 Å². The number of hydrogen-bond donors (Lipinski definition) is 2. The molecule has 1 aliphatic heterocycles. The van der Waals surface area contributed by atoms with Gasteiger partial charge in [0.25, 0.3) is 5.56 Å². The third-order valence-electron chi connectivity index (χ3n) is 5.94. The molecule has 2 aromatic carbocycles. The van der Waals surface area contributed by atoms with Crippen molar-refractivity contribution in [2.24, 2.45) is 5.92 Å². The molecule has 0 bridgehead atoms. The van der Waals surface area contributed by atoms with Gasteiger partial charge in [-0.25, -0.2) is 22.5 Å². The van der Waals surface area contributed by atoms with E-state index in [2.05, 4.69) is 10.3 Å². The van der Waals surface area contributed by atoms with Crippen molar-refractivity contribution in [2.45, 2.75) is 31.8 Å². The van der Waals surface area contributed by atoms with Gasteiger partial charge in [0.05, 0.1) is 16.9 Å². The first-order valence-corrected chi connectivity index (χ1v) is 10.5. The van der Waals surface area contributed by atoms with E-state index in [-0.39, 0.29) is 16.5 Å². The number of fused-ring (bicyclic) bond motifs is 1. The molecule has 4 rings (SSSR count). The van der Waals surface area contributed by atoms with Gasteiger partial charge < -0.3 is 15.0 Å². The molecular formula is C23H22F3N3O4. The van der Waals surface area contributed by atoms with Gasteiger partial charge in [0.2, 0.25) is 5.91 Å². The van der Waals surface area contributed by atoms with Gasteiger partial charge in [-0.15, -0.1) is 0 Å². The van der Waals surface area contributed by atoms with Gasteiger partial charge in [-0.05, 0) is 49.9 Å². The summed E-state index contributed by atoms with van der Waals surface area (Å²) in [6, 6.07) is 4.29. The number of aromatic nitrogens is 2. The van der Waals surface area contributed by atoms with Crippen molar-refractivity contribution in [3.05, 3.63) is 80.3 Å². The molecule has 7 nitrogen and oxygen atoms in total. The van der Waals surface area contributed by atoms with Crippen molar-refractivity contribution in [1.29, 1.82) is 0 Å². The average molecular weight is 461 g/mol. The predicted octanol–water partition coefficient (Wildman–Crippen LogP) is 2.95. The average Bonchev–Trinajstić information content (AvgIpc) is 2.77. The van der Waals surface area contributed by atoms with Crippen LogP contribution in [0.2, 0.25) is 0 Å². The number of hydrogen-bond acceptors (Lipinski definition) is 4. The van der Waals surface area contributed by atoms with Crippen LogP contribution in [0, 0.1) is 23.4 Å². The minimum absolute atomic E-state index is 0.0531. The Kier molecular flexibility index (Phi) is 6.37. The third-order valence-corrected chi connectivity index (χ3v) is 5.94. The highest BCUT2D eigenvalue weighted by atomic mass is 19.1. The highest BCUT2D eigenvalue weighted by Crippen LogP contribution is 2.28. The predicted molar refractivity (Wildman–Crippen MR) is 114 cm³/mol. The highest BCUT2D eigenvalue weighted by Gasteiger charge is 2.35. The number of rotatable bonds is 5. The van der Waals surface area contributed by atoms with Gasteiger partial charge in [0, 0.05) is 24.8 Å². The molecule has 0 unspecified atom stereocenters. The zero-order valence-electron chi connectivity index (χ0n) is 17.7. The first-order valence-electron chi connectivity index (χ1n) is 10.5. The van der Waals surface area contributed by atoms with Crippen molar-refractivity contribution in [3.63, 3.8) is 0 Å². The Morgan fingerprint density at radius 1 is 1.09 bits per heavy atom. The number of benzene rings is 2. The Labute approximate surface area is 186 Å². The maximum Gasteiger partial charge on any atom is 0.329 e. The van der Waals surface area contributed by atoms with Gasteiger partial charge in [-0.2, -0.15) is 0 Å². The summed E-state index contributed by atoms with van der Waals surface area (Å²) in [6.07, 6.45) is 0.814. The molecule has 1 amide bonds. The van der Waals surface area contributed by atoms with Crippen LogP contribution in [0.1, 0.15) is 37.4 Å². The molecule has 10 heteroatoms. The van der Waals surface area contributed by atoms with Crippen molar-refractivity contribution in [1.82, 2.24) is 14.9 Å². The fourth-order valence-electron chi connectivity index (χ4n) is 4.26. The third kappa shape index (κ3) is 4.56. The second-order valence-electron chi connectivity index (χ2n) is 8.09. The Balaban J connectivity index is 1.77. The highest BCUT2D eigenvalue weighted by molar-refractivity contribution is 5.82. The zero-order valence-corrected chi connectivity index (χ0v) is 17.7. The molecule has 2 heterocycles. The van der Waals surface area contributed by atoms with E-state index in [0.29, 0.717) is 32.1 Å². The van der Waals surface area contributed by atoms with E-state index in [1.165, 1.54) is 19.1 Å². The zero-order chi connectivity index (χ0) is 23.7. The normalized spacial score (nSPS) is 16.5. The number of aromatic amines is 1. The molecule has 0 aliphatic carbocycles. The first-order chi connectivity index (χ1) is 15.8. The van der Waals surface area contributed by atoms with Crippen molar-refractivity contribution >= 4 is 16.8 Å². The second-order valence-corrected chi connectivity index (χ2v) is 8.09. The summed E-state index contributed by atoms with van der Waals surface area (Å²) in [5, 5.41) is 2.57. The minimum Gasteiger partial charge on any atom is -0.381 e. The van der Waals surface area contributed by atoms with E-state index in [9.17, 15) is 27.6 Å². The van der Waals surface area contributed by atoms with E-state index in [1.807, 2.05) is 0 Å². The quantitative estimate of drug-likeness (QED) is 0.611. The molecular weight excluding hydrogens is 439 g/mol. The standard InChI is InChI=1S/C23H22F3N3O4/c1-12(16-4-2-15(25)11-18(16)26)27-21(30)20(13-6-8-33-9-7-13)29-22(31)17-10-14(24)3-5-19(17)28-23(29)32/h2-5,10-13,20H,6-9H2,1H3,(H,27,30)(H,28,32)/t12-,20+/m1/s1. The summed E-state index contributed by atoms with van der Waals surface area (Å²) < 4.78 is 47.4. The van der Waals surface area contributed by atoms with E-state index < -0.39 is 52.6 Å². The molecule has 174 valence electrons. The molecule has 33 heavy (non-hydrogen) atoms. The van der Waals surface area contributed by atoms with Crippen LogP contribution < -0.4 is 16.6 Å². The molecule has 2 atom stereocenters. The molecule has 2 N–H and O–H groups in total. The van der Waals surface area contributed by atoms with Crippen LogP contribution in [-0.4, -0.2) is 28.7 Å². The van der Waals surface area contributed by atoms with Crippen LogP contribution in [0.5, 0.6) is 0 Å². The minimum atomic E-state index is -1.23. The van der Waals surface area contributed by atoms with Crippen LogP contribution >= 0.6 is 0 Å². The maximum atomic E-state index is 14.2. The SMILES string of the molecule is C[C@@H](NC(=O)[C@H](C1CCOCC1)n1c(=O)[nH]c2ccc(F)cc2c1=O)c1ccc(F)cc1F. The smallest absolute Gasteiger partial charge is 0.329 e. The summed E-state index contributed by atoms with van der Waals surface area (Å²) in [5.41, 5.74) is -1.42. The van der Waals surface area contributed by atoms with Crippen LogP contribution in [0.15, 0.2) is 46.0 Å². The lowest BCUT2D eigenvalue weighted by atomic mass is 9.90. The lowest BCUT2D eigenvalue weighted by molar-refractivity contribution is -0.128. The Bertz CT molecular complexity index is 1310. The largest absolute Gasteiger partial charge is 0.381 e. The Morgan fingerprint density at radius 3 is 2.45 bits per heavy atom. The number of halogens is 3. The fraction of sp³-hybridized carbons (Fsp3) is 0.348. The number of ether oxygens (including phenoxy) is 1. The number of carbonyl (C=O) groups is 1. The number of amides is 1. The molecule has 0 saturated carbocycles. The molecule has 1 fully saturated rings. The van der Waals surface area contributed by atoms with Gasteiger partial charge in [-0.3, -0.25) is 9.59 Å².